The number of hydrogen-bond donors (Lipinski definition) is 2. The molecule has 3 nitrogen and oxygen atoms in total. The minimum absolute atomic E-state index is 0.264. The van der Waals surface area contributed by atoms with Crippen LogP contribution in [0.25, 0.3) is 0 Å². The molecule has 0 spiro atoms. The number of hydrogen-bond acceptors (Lipinski definition) is 2. The quantitative estimate of drug-likeness (QED) is 0.779. The molecule has 0 atom stereocenters. The third-order valence-corrected chi connectivity index (χ3v) is 3.20. The Balaban J connectivity index is 2.51. The lowest BCUT2D eigenvalue weighted by molar-refractivity contribution is -0.140. The largest absolute Gasteiger partial charge is 0.507 e. The second-order valence-electron chi connectivity index (χ2n) is 4.35. The predicted octanol–water partition coefficient (Wildman–Crippen LogP) is 2.13. The van der Waals surface area contributed by atoms with Crippen LogP contribution in [0.15, 0.2) is 12.1 Å². The van der Waals surface area contributed by atoms with Crippen LogP contribution in [-0.4, -0.2) is 16.2 Å². The van der Waals surface area contributed by atoms with E-state index in [-0.39, 0.29) is 5.75 Å². The maximum atomic E-state index is 11.1. The molecule has 0 aliphatic heterocycles. The minimum atomic E-state index is -0.757. The van der Waals surface area contributed by atoms with Gasteiger partial charge in [-0.3, -0.25) is 4.79 Å². The van der Waals surface area contributed by atoms with Crippen molar-refractivity contribution in [3.8, 4) is 5.75 Å². The van der Waals surface area contributed by atoms with Gasteiger partial charge in [0.05, 0.1) is 5.41 Å². The average molecular weight is 206 g/mol. The second-order valence-corrected chi connectivity index (χ2v) is 4.35. The van der Waals surface area contributed by atoms with E-state index < -0.39 is 11.4 Å². The number of aryl methyl sites for hydroxylation is 2. The van der Waals surface area contributed by atoms with Gasteiger partial charge in [0.15, 0.2) is 0 Å². The molecular weight excluding hydrogens is 192 g/mol. The summed E-state index contributed by atoms with van der Waals surface area (Å²) in [6.07, 6.45) is 1.40. The van der Waals surface area contributed by atoms with Crippen LogP contribution in [0.3, 0.4) is 0 Å². The predicted molar refractivity (Wildman–Crippen MR) is 56.1 cm³/mol. The van der Waals surface area contributed by atoms with Crippen molar-refractivity contribution in [2.45, 2.75) is 32.1 Å². The molecule has 0 amide bonds. The van der Waals surface area contributed by atoms with E-state index in [2.05, 4.69) is 0 Å². The van der Waals surface area contributed by atoms with Crippen molar-refractivity contribution in [1.29, 1.82) is 0 Å². The summed E-state index contributed by atoms with van der Waals surface area (Å²) in [5, 5.41) is 18.8. The zero-order chi connectivity index (χ0) is 11.2. The minimum Gasteiger partial charge on any atom is -0.507 e. The molecule has 0 bridgehead atoms. The van der Waals surface area contributed by atoms with Gasteiger partial charge < -0.3 is 10.2 Å². The number of aromatic hydroxyl groups is 1. The molecule has 2 rings (SSSR count). The van der Waals surface area contributed by atoms with Crippen LogP contribution in [0.2, 0.25) is 0 Å². The van der Waals surface area contributed by atoms with E-state index >= 15 is 0 Å². The number of carboxylic acids is 1. The van der Waals surface area contributed by atoms with Crippen molar-refractivity contribution in [3.63, 3.8) is 0 Å². The second kappa shape index (κ2) is 2.99. The first-order chi connectivity index (χ1) is 6.97. The Bertz CT molecular complexity index is 407. The molecule has 15 heavy (non-hydrogen) atoms. The molecule has 1 aliphatic carbocycles. The molecule has 1 saturated carbocycles. The molecule has 1 aliphatic rings. The summed E-state index contributed by atoms with van der Waals surface area (Å²) in [7, 11) is 0. The first-order valence-corrected chi connectivity index (χ1v) is 5.01. The first kappa shape index (κ1) is 10.0. The maximum Gasteiger partial charge on any atom is 0.314 e. The average Bonchev–Trinajstić information content (AvgIpc) is 2.93. The Hall–Kier alpha value is -1.51. The number of rotatable bonds is 2. The van der Waals surface area contributed by atoms with Gasteiger partial charge in [-0.25, -0.2) is 0 Å². The van der Waals surface area contributed by atoms with Crippen LogP contribution in [0.4, 0.5) is 0 Å². The highest BCUT2D eigenvalue weighted by atomic mass is 16.4. The van der Waals surface area contributed by atoms with Crippen molar-refractivity contribution >= 4 is 5.97 Å². The summed E-state index contributed by atoms with van der Waals surface area (Å²) in [4.78, 5) is 11.1. The van der Waals surface area contributed by atoms with Gasteiger partial charge in [0, 0.05) is 0 Å². The van der Waals surface area contributed by atoms with Gasteiger partial charge in [-0.2, -0.15) is 0 Å². The molecule has 80 valence electrons. The van der Waals surface area contributed by atoms with Gasteiger partial charge in [-0.1, -0.05) is 12.1 Å². The highest BCUT2D eigenvalue weighted by Crippen LogP contribution is 2.49. The molecule has 0 heterocycles. The zero-order valence-corrected chi connectivity index (χ0v) is 8.87. The highest BCUT2D eigenvalue weighted by Gasteiger charge is 2.51. The van der Waals surface area contributed by atoms with Gasteiger partial charge in [-0.05, 0) is 43.4 Å². The highest BCUT2D eigenvalue weighted by molar-refractivity contribution is 5.85. The molecule has 1 aromatic carbocycles. The van der Waals surface area contributed by atoms with E-state index in [9.17, 15) is 9.90 Å². The Morgan fingerprint density at radius 1 is 1.27 bits per heavy atom. The van der Waals surface area contributed by atoms with Crippen molar-refractivity contribution < 1.29 is 15.0 Å². The lowest BCUT2D eigenvalue weighted by Gasteiger charge is -2.13. The van der Waals surface area contributed by atoms with Gasteiger partial charge in [0.2, 0.25) is 0 Å². The van der Waals surface area contributed by atoms with E-state index in [4.69, 9.17) is 5.11 Å². The van der Waals surface area contributed by atoms with Crippen LogP contribution in [0, 0.1) is 13.8 Å². The molecule has 2 N–H and O–H groups in total. The van der Waals surface area contributed by atoms with Crippen LogP contribution >= 0.6 is 0 Å². The lowest BCUT2D eigenvalue weighted by Crippen LogP contribution is -2.19. The topological polar surface area (TPSA) is 57.5 Å². The Kier molecular flexibility index (Phi) is 2.00. The van der Waals surface area contributed by atoms with Crippen molar-refractivity contribution in [3.05, 3.63) is 28.8 Å². The monoisotopic (exact) mass is 206 g/mol. The van der Waals surface area contributed by atoms with Gasteiger partial charge in [0.25, 0.3) is 0 Å². The molecule has 0 saturated heterocycles. The normalized spacial score (nSPS) is 17.5. The summed E-state index contributed by atoms with van der Waals surface area (Å²) in [5.41, 5.74) is 1.64. The van der Waals surface area contributed by atoms with Crippen LogP contribution in [0.5, 0.6) is 5.75 Å². The summed E-state index contributed by atoms with van der Waals surface area (Å²) in [6, 6.07) is 3.56. The standard InChI is InChI=1S/C12H14O3/c1-7-5-9(6-8(2)10(7)13)12(3-4-12)11(14)15/h5-6,13H,3-4H2,1-2H3,(H,14,15). The molecule has 0 radical (unpaired) electrons. The van der Waals surface area contributed by atoms with E-state index in [0.29, 0.717) is 12.8 Å². The Morgan fingerprint density at radius 3 is 2.07 bits per heavy atom. The van der Waals surface area contributed by atoms with E-state index in [1.165, 1.54) is 0 Å². The number of carbonyl (C=O) groups is 1. The third kappa shape index (κ3) is 1.39. The SMILES string of the molecule is Cc1cc(C2(C(=O)O)CC2)cc(C)c1O. The molecule has 1 fully saturated rings. The molecule has 1 aromatic rings. The Labute approximate surface area is 88.4 Å². The smallest absolute Gasteiger partial charge is 0.314 e. The first-order valence-electron chi connectivity index (χ1n) is 5.01. The molecule has 3 heteroatoms. The summed E-state index contributed by atoms with van der Waals surface area (Å²) >= 11 is 0. The van der Waals surface area contributed by atoms with E-state index in [1.54, 1.807) is 26.0 Å². The summed E-state index contributed by atoms with van der Waals surface area (Å²) in [6.45, 7) is 3.59. The number of benzene rings is 1. The number of carboxylic acid groups (broad SMARTS) is 1. The molecule has 0 aromatic heterocycles. The van der Waals surface area contributed by atoms with Gasteiger partial charge >= 0.3 is 5.97 Å². The summed E-state index contributed by atoms with van der Waals surface area (Å²) < 4.78 is 0. The maximum absolute atomic E-state index is 11.1. The van der Waals surface area contributed by atoms with Crippen LogP contribution in [0.1, 0.15) is 29.5 Å². The fourth-order valence-electron chi connectivity index (χ4n) is 1.98. The third-order valence-electron chi connectivity index (χ3n) is 3.20. The lowest BCUT2D eigenvalue weighted by atomic mass is 9.92. The van der Waals surface area contributed by atoms with E-state index in [0.717, 1.165) is 16.7 Å². The fraction of sp³-hybridized carbons (Fsp3) is 0.417. The number of phenols is 1. The van der Waals surface area contributed by atoms with Crippen LogP contribution in [-0.2, 0) is 10.2 Å². The fourth-order valence-corrected chi connectivity index (χ4v) is 1.98. The van der Waals surface area contributed by atoms with Gasteiger partial charge in [-0.15, -0.1) is 0 Å². The van der Waals surface area contributed by atoms with E-state index in [1.807, 2.05) is 0 Å². The van der Waals surface area contributed by atoms with Crippen molar-refractivity contribution in [1.82, 2.24) is 0 Å². The number of phenolic OH excluding ortho intramolecular Hbond substituents is 1. The molecule has 0 unspecified atom stereocenters. The Morgan fingerprint density at radius 2 is 1.73 bits per heavy atom. The number of aliphatic carboxylic acids is 1. The van der Waals surface area contributed by atoms with Gasteiger partial charge in [0.1, 0.15) is 5.75 Å². The van der Waals surface area contributed by atoms with Crippen molar-refractivity contribution in [2.75, 3.05) is 0 Å². The van der Waals surface area contributed by atoms with Crippen molar-refractivity contribution in [2.24, 2.45) is 0 Å². The zero-order valence-electron chi connectivity index (χ0n) is 8.87. The summed E-state index contributed by atoms with van der Waals surface area (Å²) in [5.74, 6) is -0.494. The molecular formula is C12H14O3. The van der Waals surface area contributed by atoms with Crippen LogP contribution < -0.4 is 0 Å².